The third-order valence-corrected chi connectivity index (χ3v) is 3.09. The molecule has 0 saturated heterocycles. The molecule has 2 rings (SSSR count). The van der Waals surface area contributed by atoms with Crippen LogP contribution in [-0.2, 0) is 4.79 Å². The minimum atomic E-state index is -0.288. The van der Waals surface area contributed by atoms with Gasteiger partial charge in [0.15, 0.2) is 0 Å². The molecule has 0 aromatic carbocycles. The van der Waals surface area contributed by atoms with Crippen molar-refractivity contribution in [3.05, 3.63) is 18.3 Å². The molecular formula is C12H17N3O2. The summed E-state index contributed by atoms with van der Waals surface area (Å²) in [7, 11) is 1.55. The van der Waals surface area contributed by atoms with E-state index in [1.54, 1.807) is 25.4 Å². The largest absolute Gasteiger partial charge is 0.481 e. The molecule has 1 aromatic rings. The zero-order chi connectivity index (χ0) is 12.3. The Morgan fingerprint density at radius 2 is 2.35 bits per heavy atom. The van der Waals surface area contributed by atoms with Crippen molar-refractivity contribution in [1.29, 1.82) is 0 Å². The van der Waals surface area contributed by atoms with Gasteiger partial charge in [0.2, 0.25) is 11.8 Å². The lowest BCUT2D eigenvalue weighted by atomic mass is 9.75. The van der Waals surface area contributed by atoms with E-state index in [9.17, 15) is 4.79 Å². The van der Waals surface area contributed by atoms with E-state index in [1.165, 1.54) is 0 Å². The first-order valence-corrected chi connectivity index (χ1v) is 5.70. The number of anilines is 1. The van der Waals surface area contributed by atoms with E-state index in [0.717, 1.165) is 19.3 Å². The zero-order valence-corrected chi connectivity index (χ0v) is 9.90. The molecule has 3 N–H and O–H groups in total. The number of amides is 1. The predicted molar refractivity (Wildman–Crippen MR) is 64.8 cm³/mol. The van der Waals surface area contributed by atoms with Gasteiger partial charge >= 0.3 is 0 Å². The number of hydrogen-bond donors (Lipinski definition) is 2. The van der Waals surface area contributed by atoms with E-state index in [2.05, 4.69) is 10.3 Å². The summed E-state index contributed by atoms with van der Waals surface area (Å²) in [5.74, 6) is 0.469. The van der Waals surface area contributed by atoms with Crippen molar-refractivity contribution in [2.24, 2.45) is 5.73 Å². The molecule has 0 unspecified atom stereocenters. The second-order valence-corrected chi connectivity index (χ2v) is 4.53. The second kappa shape index (κ2) is 4.71. The lowest BCUT2D eigenvalue weighted by Crippen LogP contribution is -2.48. The molecular weight excluding hydrogens is 218 g/mol. The van der Waals surface area contributed by atoms with Gasteiger partial charge in [-0.25, -0.2) is 4.98 Å². The van der Waals surface area contributed by atoms with Gasteiger partial charge in [-0.15, -0.1) is 0 Å². The normalized spacial score (nSPS) is 17.1. The topological polar surface area (TPSA) is 77.2 Å². The first kappa shape index (κ1) is 11.9. The highest BCUT2D eigenvalue weighted by atomic mass is 16.5. The number of carbonyl (C=O) groups is 1. The number of carbonyl (C=O) groups excluding carboxylic acids is 1. The highest BCUT2D eigenvalue weighted by molar-refractivity contribution is 5.91. The standard InChI is InChI=1S/C12H17N3O2/c1-17-11-4-3-9(8-14-11)15-10(16)7-12(13)5-2-6-12/h3-4,8H,2,5-7,13H2,1H3,(H,15,16). The number of pyridine rings is 1. The Hall–Kier alpha value is -1.62. The van der Waals surface area contributed by atoms with Crippen LogP contribution in [0.15, 0.2) is 18.3 Å². The minimum absolute atomic E-state index is 0.0563. The number of ether oxygens (including phenoxy) is 1. The molecule has 1 aromatic heterocycles. The Balaban J connectivity index is 1.89. The van der Waals surface area contributed by atoms with Crippen LogP contribution in [0.2, 0.25) is 0 Å². The number of nitrogens with one attached hydrogen (secondary N) is 1. The van der Waals surface area contributed by atoms with Crippen LogP contribution in [0, 0.1) is 0 Å². The third kappa shape index (κ3) is 2.94. The van der Waals surface area contributed by atoms with Crippen molar-refractivity contribution < 1.29 is 9.53 Å². The van der Waals surface area contributed by atoms with Crippen LogP contribution in [0.3, 0.4) is 0 Å². The fraction of sp³-hybridized carbons (Fsp3) is 0.500. The average Bonchev–Trinajstić information content (AvgIpc) is 2.28. The molecule has 92 valence electrons. The Kier molecular flexibility index (Phi) is 3.28. The first-order valence-electron chi connectivity index (χ1n) is 5.70. The van der Waals surface area contributed by atoms with Gasteiger partial charge in [0.05, 0.1) is 19.0 Å². The summed E-state index contributed by atoms with van der Waals surface area (Å²) < 4.78 is 4.94. The first-order chi connectivity index (χ1) is 8.11. The van der Waals surface area contributed by atoms with Crippen molar-refractivity contribution in [3.8, 4) is 5.88 Å². The lowest BCUT2D eigenvalue weighted by molar-refractivity contribution is -0.118. The molecule has 0 spiro atoms. The molecule has 0 bridgehead atoms. The van der Waals surface area contributed by atoms with Crippen molar-refractivity contribution in [3.63, 3.8) is 0 Å². The van der Waals surface area contributed by atoms with Gasteiger partial charge < -0.3 is 15.8 Å². The van der Waals surface area contributed by atoms with Crippen LogP contribution in [0.4, 0.5) is 5.69 Å². The van der Waals surface area contributed by atoms with Gasteiger partial charge in [0.1, 0.15) is 0 Å². The summed E-state index contributed by atoms with van der Waals surface area (Å²) in [5, 5.41) is 2.78. The van der Waals surface area contributed by atoms with Crippen LogP contribution in [0.5, 0.6) is 5.88 Å². The molecule has 1 heterocycles. The maximum Gasteiger partial charge on any atom is 0.226 e. The van der Waals surface area contributed by atoms with Crippen LogP contribution >= 0.6 is 0 Å². The molecule has 1 fully saturated rings. The van der Waals surface area contributed by atoms with Gasteiger partial charge in [0, 0.05) is 18.0 Å². The van der Waals surface area contributed by atoms with Gasteiger partial charge in [-0.05, 0) is 25.3 Å². The Labute approximate surface area is 100 Å². The van der Waals surface area contributed by atoms with Gasteiger partial charge in [0.25, 0.3) is 0 Å². The minimum Gasteiger partial charge on any atom is -0.481 e. The van der Waals surface area contributed by atoms with Crippen molar-refractivity contribution >= 4 is 11.6 Å². The highest BCUT2D eigenvalue weighted by Crippen LogP contribution is 2.32. The number of aromatic nitrogens is 1. The number of nitrogens with zero attached hydrogens (tertiary/aromatic N) is 1. The molecule has 5 nitrogen and oxygen atoms in total. The molecule has 0 aliphatic heterocycles. The summed E-state index contributed by atoms with van der Waals surface area (Å²) in [6.07, 6.45) is 4.93. The van der Waals surface area contributed by atoms with Crippen LogP contribution in [0.1, 0.15) is 25.7 Å². The molecule has 0 atom stereocenters. The average molecular weight is 235 g/mol. The number of rotatable bonds is 4. The van der Waals surface area contributed by atoms with E-state index in [-0.39, 0.29) is 11.4 Å². The van der Waals surface area contributed by atoms with E-state index in [0.29, 0.717) is 18.0 Å². The molecule has 1 aliphatic carbocycles. The van der Waals surface area contributed by atoms with Crippen molar-refractivity contribution in [2.75, 3.05) is 12.4 Å². The van der Waals surface area contributed by atoms with E-state index in [1.807, 2.05) is 0 Å². The summed E-state index contributed by atoms with van der Waals surface area (Å²) >= 11 is 0. The third-order valence-electron chi connectivity index (χ3n) is 3.09. The molecule has 5 heteroatoms. The highest BCUT2D eigenvalue weighted by Gasteiger charge is 2.34. The fourth-order valence-electron chi connectivity index (χ4n) is 1.91. The SMILES string of the molecule is COc1ccc(NC(=O)CC2(N)CCC2)cn1. The van der Waals surface area contributed by atoms with E-state index in [4.69, 9.17) is 10.5 Å². The molecule has 1 saturated carbocycles. The van der Waals surface area contributed by atoms with Gasteiger partial charge in [-0.1, -0.05) is 0 Å². The van der Waals surface area contributed by atoms with Crippen LogP contribution in [-0.4, -0.2) is 23.5 Å². The van der Waals surface area contributed by atoms with Gasteiger partial charge in [-0.2, -0.15) is 0 Å². The number of methoxy groups -OCH3 is 1. The smallest absolute Gasteiger partial charge is 0.226 e. The van der Waals surface area contributed by atoms with E-state index < -0.39 is 0 Å². The van der Waals surface area contributed by atoms with E-state index >= 15 is 0 Å². The Morgan fingerprint density at radius 3 is 2.82 bits per heavy atom. The second-order valence-electron chi connectivity index (χ2n) is 4.53. The zero-order valence-electron chi connectivity index (χ0n) is 9.90. The van der Waals surface area contributed by atoms with Crippen molar-refractivity contribution in [2.45, 2.75) is 31.2 Å². The predicted octanol–water partition coefficient (Wildman–Crippen LogP) is 1.30. The molecule has 0 radical (unpaired) electrons. The maximum absolute atomic E-state index is 11.7. The monoisotopic (exact) mass is 235 g/mol. The Bertz CT molecular complexity index is 399. The summed E-state index contributed by atoms with van der Waals surface area (Å²) in [6, 6.07) is 3.46. The van der Waals surface area contributed by atoms with Crippen LogP contribution < -0.4 is 15.8 Å². The summed E-state index contributed by atoms with van der Waals surface area (Å²) in [6.45, 7) is 0. The fourth-order valence-corrected chi connectivity index (χ4v) is 1.91. The Morgan fingerprint density at radius 1 is 1.59 bits per heavy atom. The number of hydrogen-bond acceptors (Lipinski definition) is 4. The quantitative estimate of drug-likeness (QED) is 0.824. The van der Waals surface area contributed by atoms with Crippen molar-refractivity contribution in [1.82, 2.24) is 4.98 Å². The molecule has 17 heavy (non-hydrogen) atoms. The lowest BCUT2D eigenvalue weighted by Gasteiger charge is -2.37. The maximum atomic E-state index is 11.7. The molecule has 1 amide bonds. The molecule has 1 aliphatic rings. The summed E-state index contributed by atoms with van der Waals surface area (Å²) in [4.78, 5) is 15.7. The summed E-state index contributed by atoms with van der Waals surface area (Å²) in [5.41, 5.74) is 6.38. The van der Waals surface area contributed by atoms with Crippen LogP contribution in [0.25, 0.3) is 0 Å². The van der Waals surface area contributed by atoms with Gasteiger partial charge in [-0.3, -0.25) is 4.79 Å². The number of nitrogens with two attached hydrogens (primary N) is 1.